The van der Waals surface area contributed by atoms with Gasteiger partial charge in [0, 0.05) is 35.3 Å². The van der Waals surface area contributed by atoms with Gasteiger partial charge in [0.25, 0.3) is 0 Å². The van der Waals surface area contributed by atoms with Crippen LogP contribution in [0.5, 0.6) is 17.2 Å². The summed E-state index contributed by atoms with van der Waals surface area (Å²) in [5.41, 5.74) is 4.59. The van der Waals surface area contributed by atoms with E-state index in [1.54, 1.807) is 27.2 Å². The quantitative estimate of drug-likeness (QED) is 0.240. The zero-order valence-corrected chi connectivity index (χ0v) is 24.2. The lowest BCUT2D eigenvalue weighted by molar-refractivity contribution is -0.119. The van der Waals surface area contributed by atoms with Crippen LogP contribution in [0.2, 0.25) is 0 Å². The first-order valence-corrected chi connectivity index (χ1v) is 13.7. The van der Waals surface area contributed by atoms with E-state index in [2.05, 4.69) is 20.9 Å². The molecule has 0 unspecified atom stereocenters. The van der Waals surface area contributed by atoms with Gasteiger partial charge in [-0.05, 0) is 78.9 Å². The second-order valence-corrected chi connectivity index (χ2v) is 10.2. The number of hydrogen-bond donors (Lipinski definition) is 4. The standard InChI is InChI=1S/C32H34N4O6/c1-17(32(39)36-21-7-10-24-19(14-21)12-13-33-24)34-26-11-8-22-23(16-27(26)38)25(35-18(2)37)9-6-20-15-28(40-3)30(41-4)31(42-5)29(20)22/h7-8,10-17,25,33H,6,9H2,1-5H3,(H,34,38)(H,35,37)(H,36,39)/t17-,25-/m0/s1. The molecular formula is C32H34N4O6. The van der Waals surface area contributed by atoms with Crippen molar-refractivity contribution in [2.45, 2.75) is 38.8 Å². The van der Waals surface area contributed by atoms with Crippen molar-refractivity contribution >= 4 is 34.1 Å². The van der Waals surface area contributed by atoms with Crippen molar-refractivity contribution in [3.05, 3.63) is 76.1 Å². The minimum absolute atomic E-state index is 0.209. The average Bonchev–Trinajstić information content (AvgIpc) is 3.32. The van der Waals surface area contributed by atoms with Crippen molar-refractivity contribution in [2.24, 2.45) is 0 Å². The van der Waals surface area contributed by atoms with Crippen LogP contribution in [-0.4, -0.2) is 44.2 Å². The first kappa shape index (κ1) is 28.5. The highest BCUT2D eigenvalue weighted by Gasteiger charge is 2.29. The number of anilines is 2. The van der Waals surface area contributed by atoms with Gasteiger partial charge in [0.15, 0.2) is 11.5 Å². The number of ether oxygens (including phenoxy) is 3. The number of H-pyrrole nitrogens is 1. The third-order valence-electron chi connectivity index (χ3n) is 7.50. The topological polar surface area (TPSA) is 131 Å². The highest BCUT2D eigenvalue weighted by atomic mass is 16.5. The summed E-state index contributed by atoms with van der Waals surface area (Å²) in [5, 5.41) is 9.96. The first-order valence-electron chi connectivity index (χ1n) is 13.7. The number of aromatic amines is 1. The van der Waals surface area contributed by atoms with Gasteiger partial charge >= 0.3 is 0 Å². The summed E-state index contributed by atoms with van der Waals surface area (Å²) in [5.74, 6) is 0.918. The van der Waals surface area contributed by atoms with E-state index in [1.807, 2.05) is 42.6 Å². The van der Waals surface area contributed by atoms with Crippen molar-refractivity contribution in [1.82, 2.24) is 10.3 Å². The number of carbonyl (C=O) groups excluding carboxylic acids is 2. The van der Waals surface area contributed by atoms with E-state index in [4.69, 9.17) is 14.2 Å². The van der Waals surface area contributed by atoms with Gasteiger partial charge in [-0.1, -0.05) is 6.07 Å². The van der Waals surface area contributed by atoms with E-state index in [9.17, 15) is 14.4 Å². The first-order chi connectivity index (χ1) is 20.2. The third kappa shape index (κ3) is 5.47. The molecule has 5 rings (SSSR count). The molecule has 1 heterocycles. The van der Waals surface area contributed by atoms with Gasteiger partial charge in [0.05, 0.1) is 33.1 Å². The molecule has 42 heavy (non-hydrogen) atoms. The van der Waals surface area contributed by atoms with Gasteiger partial charge in [-0.3, -0.25) is 14.4 Å². The minimum Gasteiger partial charge on any atom is -0.493 e. The fourth-order valence-electron chi connectivity index (χ4n) is 5.51. The number of amides is 2. The molecule has 1 aromatic heterocycles. The lowest BCUT2D eigenvalue weighted by Gasteiger charge is -2.19. The molecule has 0 bridgehead atoms. The molecule has 2 amide bonds. The lowest BCUT2D eigenvalue weighted by atomic mass is 9.95. The van der Waals surface area contributed by atoms with E-state index in [1.165, 1.54) is 20.1 Å². The number of aryl methyl sites for hydroxylation is 1. The number of carbonyl (C=O) groups is 2. The molecule has 1 aliphatic carbocycles. The normalized spacial score (nSPS) is 14.5. The van der Waals surface area contributed by atoms with Crippen LogP contribution in [-0.2, 0) is 16.0 Å². The summed E-state index contributed by atoms with van der Waals surface area (Å²) >= 11 is 0. The van der Waals surface area contributed by atoms with Gasteiger partial charge in [-0.15, -0.1) is 0 Å². The Hall–Kier alpha value is -4.99. The summed E-state index contributed by atoms with van der Waals surface area (Å²) < 4.78 is 17.1. The monoisotopic (exact) mass is 570 g/mol. The molecule has 0 spiro atoms. The minimum atomic E-state index is -0.723. The van der Waals surface area contributed by atoms with Crippen LogP contribution < -0.4 is 35.6 Å². The van der Waals surface area contributed by atoms with E-state index < -0.39 is 12.1 Å². The number of benzene rings is 2. The molecule has 218 valence electrons. The largest absolute Gasteiger partial charge is 0.493 e. The van der Waals surface area contributed by atoms with E-state index >= 15 is 0 Å². The Morgan fingerprint density at radius 3 is 2.48 bits per heavy atom. The molecule has 0 saturated heterocycles. The Labute approximate surface area is 243 Å². The predicted octanol–water partition coefficient (Wildman–Crippen LogP) is 4.78. The summed E-state index contributed by atoms with van der Waals surface area (Å²) in [4.78, 5) is 41.9. The Morgan fingerprint density at radius 1 is 0.976 bits per heavy atom. The maximum absolute atomic E-state index is 13.6. The molecule has 2 atom stereocenters. The number of nitrogens with one attached hydrogen (secondary N) is 4. The zero-order valence-electron chi connectivity index (χ0n) is 24.2. The van der Waals surface area contributed by atoms with Crippen LogP contribution in [0.3, 0.4) is 0 Å². The average molecular weight is 571 g/mol. The Morgan fingerprint density at radius 2 is 1.76 bits per heavy atom. The molecule has 0 saturated carbocycles. The highest BCUT2D eigenvalue weighted by Crippen LogP contribution is 2.50. The maximum Gasteiger partial charge on any atom is 0.246 e. The highest BCUT2D eigenvalue weighted by molar-refractivity contribution is 5.98. The van der Waals surface area contributed by atoms with Crippen LogP contribution in [0.15, 0.2) is 59.5 Å². The van der Waals surface area contributed by atoms with E-state index in [0.29, 0.717) is 46.9 Å². The summed E-state index contributed by atoms with van der Waals surface area (Å²) in [6.07, 6.45) is 2.99. The van der Waals surface area contributed by atoms with Gasteiger partial charge in [-0.2, -0.15) is 0 Å². The Balaban J connectivity index is 1.54. The zero-order chi connectivity index (χ0) is 30.0. The van der Waals surface area contributed by atoms with Crippen molar-refractivity contribution in [3.8, 4) is 28.4 Å². The molecule has 1 aliphatic rings. The van der Waals surface area contributed by atoms with Crippen LogP contribution in [0.25, 0.3) is 22.0 Å². The number of hydrogen-bond acceptors (Lipinski definition) is 7. The van der Waals surface area contributed by atoms with Gasteiger partial charge < -0.3 is 35.1 Å². The van der Waals surface area contributed by atoms with Gasteiger partial charge in [-0.25, -0.2) is 0 Å². The van der Waals surface area contributed by atoms with Crippen molar-refractivity contribution < 1.29 is 23.8 Å². The summed E-state index contributed by atoms with van der Waals surface area (Å²) in [7, 11) is 4.65. The van der Waals surface area contributed by atoms with Crippen LogP contribution in [0.1, 0.15) is 37.4 Å². The fraction of sp³-hybridized carbons (Fsp3) is 0.281. The molecule has 0 aliphatic heterocycles. The third-order valence-corrected chi connectivity index (χ3v) is 7.50. The molecule has 4 aromatic rings. The van der Waals surface area contributed by atoms with Crippen LogP contribution >= 0.6 is 0 Å². The molecule has 10 heteroatoms. The van der Waals surface area contributed by atoms with Gasteiger partial charge in [0.2, 0.25) is 23.0 Å². The van der Waals surface area contributed by atoms with Crippen LogP contribution in [0, 0.1) is 0 Å². The van der Waals surface area contributed by atoms with E-state index in [-0.39, 0.29) is 22.9 Å². The summed E-state index contributed by atoms with van der Waals surface area (Å²) in [6, 6.07) is 13.3. The molecule has 0 radical (unpaired) electrons. The van der Waals surface area contributed by atoms with Crippen molar-refractivity contribution in [3.63, 3.8) is 0 Å². The molecular weight excluding hydrogens is 536 g/mol. The molecule has 3 aromatic carbocycles. The number of rotatable bonds is 8. The van der Waals surface area contributed by atoms with E-state index in [0.717, 1.165) is 22.0 Å². The second-order valence-electron chi connectivity index (χ2n) is 10.2. The number of fused-ring (bicyclic) bond motifs is 4. The Bertz CT molecular complexity index is 1730. The van der Waals surface area contributed by atoms with Crippen molar-refractivity contribution in [1.29, 1.82) is 0 Å². The molecule has 4 N–H and O–H groups in total. The molecule has 0 fully saturated rings. The predicted molar refractivity (Wildman–Crippen MR) is 163 cm³/mol. The SMILES string of the molecule is COc1cc2c(c(OC)c1OC)-c1ccc(N[C@@H](C)C(=O)Nc3ccc4[nH]ccc4c3)c(=O)cc1[C@@H](NC(C)=O)CC2. The molecule has 10 nitrogen and oxygen atoms in total. The van der Waals surface area contributed by atoms with Gasteiger partial charge in [0.1, 0.15) is 6.04 Å². The fourth-order valence-corrected chi connectivity index (χ4v) is 5.51. The number of methoxy groups -OCH3 is 3. The summed E-state index contributed by atoms with van der Waals surface area (Å²) in [6.45, 7) is 3.14. The van der Waals surface area contributed by atoms with Crippen molar-refractivity contribution in [2.75, 3.05) is 32.0 Å². The smallest absolute Gasteiger partial charge is 0.246 e. The van der Waals surface area contributed by atoms with Crippen LogP contribution in [0.4, 0.5) is 11.4 Å². The maximum atomic E-state index is 13.6. The lowest BCUT2D eigenvalue weighted by Crippen LogP contribution is -2.33. The second kappa shape index (κ2) is 11.9. The Kier molecular flexibility index (Phi) is 8.06. The number of aromatic nitrogens is 1.